The van der Waals surface area contributed by atoms with Crippen molar-refractivity contribution in [1.29, 1.82) is 0 Å². The molecule has 0 bridgehead atoms. The van der Waals surface area contributed by atoms with Crippen molar-refractivity contribution in [3.8, 4) is 0 Å². The molecule has 0 N–H and O–H groups in total. The number of hydrogen-bond donors (Lipinski definition) is 0. The fourth-order valence-corrected chi connectivity index (χ4v) is 0.167. The minimum atomic E-state index is 0. The van der Waals surface area contributed by atoms with Gasteiger partial charge in [-0.15, -0.1) is 0 Å². The highest BCUT2D eigenvalue weighted by molar-refractivity contribution is 7.98. The van der Waals surface area contributed by atoms with Gasteiger partial charge in [0.15, 0.2) is 0 Å². The third-order valence-electron chi connectivity index (χ3n) is 1.55. The zero-order valence-electron chi connectivity index (χ0n) is 10.9. The van der Waals surface area contributed by atoms with Crippen LogP contribution in [0, 0.1) is 0 Å². The molecular weight excluding hydrogens is 244 g/mol. The average Bonchev–Trinajstić information content (AvgIpc) is 2.28. The molecule has 0 rings (SSSR count). The van der Waals surface area contributed by atoms with Gasteiger partial charge in [0.1, 0.15) is 0 Å². The monoisotopic (exact) mass is 288 g/mol. The summed E-state index contributed by atoms with van der Waals surface area (Å²) < 4.78 is 9.44. The van der Waals surface area contributed by atoms with Gasteiger partial charge in [0.25, 0.3) is 0 Å². The maximum Gasteiger partial charge on any atom is 0.0540 e. The molecule has 122 valence electrons. The lowest BCUT2D eigenvalue weighted by atomic mass is 10.3. The zero-order chi connectivity index (χ0) is 11.8. The highest BCUT2D eigenvalue weighted by Crippen LogP contribution is 1.89. The molecule has 0 aromatic heterocycles. The van der Waals surface area contributed by atoms with Crippen molar-refractivity contribution in [2.75, 3.05) is 32.8 Å². The van der Waals surface area contributed by atoms with Crippen molar-refractivity contribution in [1.82, 2.24) is 0 Å². The zero-order valence-corrected chi connectivity index (χ0v) is 11.7. The van der Waals surface area contributed by atoms with Crippen LogP contribution in [0.4, 0.5) is 0 Å². The topological polar surface area (TPSA) is 18.5 Å². The summed E-state index contributed by atoms with van der Waals surface area (Å²) in [5.74, 6) is 1.24. The van der Waals surface area contributed by atoms with E-state index in [1.54, 1.807) is 14.2 Å². The van der Waals surface area contributed by atoms with Gasteiger partial charge in [0.2, 0.25) is 0 Å². The van der Waals surface area contributed by atoms with Crippen molar-refractivity contribution < 1.29 is 9.47 Å². The molecule has 0 amide bonds. The smallest absolute Gasteiger partial charge is 0.0540 e. The SMILES string of the molecule is C.C.C.C.CCC(C)OC.CCOC.CCSC. The molecule has 0 aliphatic carbocycles. The maximum absolute atomic E-state index is 4.90. The summed E-state index contributed by atoms with van der Waals surface area (Å²) in [6.07, 6.45) is 3.64. The number of methoxy groups -OCH3 is 2. The first kappa shape index (κ1) is 42.9. The number of hydrogen-bond acceptors (Lipinski definition) is 3. The van der Waals surface area contributed by atoms with E-state index in [0.29, 0.717) is 6.10 Å². The van der Waals surface area contributed by atoms with Crippen molar-refractivity contribution in [2.45, 2.75) is 69.9 Å². The van der Waals surface area contributed by atoms with Crippen molar-refractivity contribution in [3.05, 3.63) is 0 Å². The fourth-order valence-electron chi connectivity index (χ4n) is 0.167. The molecular formula is C15H44O2S. The number of thioether (sulfide) groups is 1. The molecule has 0 radical (unpaired) electrons. The van der Waals surface area contributed by atoms with Gasteiger partial charge in [-0.05, 0) is 32.3 Å². The number of ether oxygens (including phenoxy) is 2. The molecule has 1 unspecified atom stereocenters. The van der Waals surface area contributed by atoms with Crippen LogP contribution in [0.2, 0.25) is 0 Å². The van der Waals surface area contributed by atoms with E-state index in [2.05, 4.69) is 31.8 Å². The van der Waals surface area contributed by atoms with Gasteiger partial charge in [-0.3, -0.25) is 0 Å². The molecule has 0 aromatic carbocycles. The van der Waals surface area contributed by atoms with Crippen LogP contribution in [0.15, 0.2) is 0 Å². The predicted octanol–water partition coefficient (Wildman–Crippen LogP) is 6.00. The lowest BCUT2D eigenvalue weighted by molar-refractivity contribution is 0.115. The Bertz CT molecular complexity index is 59.5. The summed E-state index contributed by atoms with van der Waals surface area (Å²) in [4.78, 5) is 0. The second-order valence-electron chi connectivity index (χ2n) is 2.61. The Hall–Kier alpha value is 0.270. The van der Waals surface area contributed by atoms with Gasteiger partial charge in [-0.2, -0.15) is 11.8 Å². The van der Waals surface area contributed by atoms with E-state index in [0.717, 1.165) is 13.0 Å². The molecule has 3 heteroatoms. The lowest BCUT2D eigenvalue weighted by Gasteiger charge is -2.01. The van der Waals surface area contributed by atoms with Crippen LogP contribution in [0.3, 0.4) is 0 Å². The Morgan fingerprint density at radius 3 is 1.22 bits per heavy atom. The van der Waals surface area contributed by atoms with E-state index in [1.807, 2.05) is 18.7 Å². The van der Waals surface area contributed by atoms with Gasteiger partial charge in [-0.1, -0.05) is 43.6 Å². The van der Waals surface area contributed by atoms with E-state index in [1.165, 1.54) is 5.75 Å². The van der Waals surface area contributed by atoms with Crippen molar-refractivity contribution >= 4 is 11.8 Å². The Morgan fingerprint density at radius 1 is 0.944 bits per heavy atom. The first-order valence-corrected chi connectivity index (χ1v) is 6.54. The van der Waals surface area contributed by atoms with E-state index >= 15 is 0 Å². The Balaban J connectivity index is -0.0000000186. The minimum absolute atomic E-state index is 0. The molecule has 2 nitrogen and oxygen atoms in total. The maximum atomic E-state index is 4.90. The Kier molecular flexibility index (Phi) is 127. The molecule has 18 heavy (non-hydrogen) atoms. The molecule has 0 saturated heterocycles. The standard InChI is InChI=1S/C5H12O.C3H8O.C3H8S.4CH4/c1-4-5(2)6-3;2*1-3-4-2;;;;/h5H,4H2,1-3H3;2*3H2,1-2H3;4*1H4. The normalized spacial score (nSPS) is 8.17. The third-order valence-corrected chi connectivity index (χ3v) is 2.13. The van der Waals surface area contributed by atoms with Crippen LogP contribution in [-0.2, 0) is 9.47 Å². The molecule has 0 aliphatic heterocycles. The van der Waals surface area contributed by atoms with Gasteiger partial charge < -0.3 is 9.47 Å². The minimum Gasteiger partial charge on any atom is -0.385 e. The predicted molar refractivity (Wildman–Crippen MR) is 95.3 cm³/mol. The van der Waals surface area contributed by atoms with Gasteiger partial charge in [-0.25, -0.2) is 0 Å². The first-order chi connectivity index (χ1) is 6.64. The van der Waals surface area contributed by atoms with Gasteiger partial charge in [0.05, 0.1) is 6.10 Å². The molecule has 0 fully saturated rings. The van der Waals surface area contributed by atoms with Crippen LogP contribution in [0.5, 0.6) is 0 Å². The van der Waals surface area contributed by atoms with E-state index in [-0.39, 0.29) is 29.7 Å². The second-order valence-corrected chi connectivity index (χ2v) is 3.76. The van der Waals surface area contributed by atoms with E-state index < -0.39 is 0 Å². The quantitative estimate of drug-likeness (QED) is 0.632. The highest BCUT2D eigenvalue weighted by atomic mass is 32.2. The molecule has 0 spiro atoms. The summed E-state index contributed by atoms with van der Waals surface area (Å²) in [5, 5.41) is 0. The second kappa shape index (κ2) is 53.2. The first-order valence-electron chi connectivity index (χ1n) is 5.14. The molecule has 0 saturated carbocycles. The van der Waals surface area contributed by atoms with Gasteiger partial charge in [0, 0.05) is 20.8 Å². The van der Waals surface area contributed by atoms with Crippen LogP contribution >= 0.6 is 11.8 Å². The van der Waals surface area contributed by atoms with E-state index in [4.69, 9.17) is 4.74 Å². The molecule has 0 aromatic rings. The molecule has 0 aliphatic rings. The van der Waals surface area contributed by atoms with Crippen LogP contribution in [0.1, 0.15) is 63.8 Å². The summed E-state index contributed by atoms with van der Waals surface area (Å²) >= 11 is 1.86. The van der Waals surface area contributed by atoms with E-state index in [9.17, 15) is 0 Å². The summed E-state index contributed by atoms with van der Waals surface area (Å²) in [5.41, 5.74) is 0. The van der Waals surface area contributed by atoms with Crippen LogP contribution < -0.4 is 0 Å². The van der Waals surface area contributed by atoms with Crippen LogP contribution in [0.25, 0.3) is 0 Å². The Labute approximate surface area is 124 Å². The molecule has 0 heterocycles. The lowest BCUT2D eigenvalue weighted by Crippen LogP contribution is -2.00. The number of rotatable bonds is 4. The largest absolute Gasteiger partial charge is 0.385 e. The van der Waals surface area contributed by atoms with Crippen molar-refractivity contribution in [3.63, 3.8) is 0 Å². The summed E-state index contributed by atoms with van der Waals surface area (Å²) in [6.45, 7) is 9.08. The fraction of sp³-hybridized carbons (Fsp3) is 1.00. The Morgan fingerprint density at radius 2 is 1.22 bits per heavy atom. The highest BCUT2D eigenvalue weighted by Gasteiger charge is 1.88. The third kappa shape index (κ3) is 96.5. The summed E-state index contributed by atoms with van der Waals surface area (Å²) in [7, 11) is 3.41. The molecule has 1 atom stereocenters. The average molecular weight is 289 g/mol. The summed E-state index contributed by atoms with van der Waals surface area (Å²) in [6, 6.07) is 0. The van der Waals surface area contributed by atoms with Crippen molar-refractivity contribution in [2.24, 2.45) is 0 Å². The van der Waals surface area contributed by atoms with Crippen LogP contribution in [-0.4, -0.2) is 38.9 Å². The van der Waals surface area contributed by atoms with Gasteiger partial charge >= 0.3 is 0 Å².